The van der Waals surface area contributed by atoms with Crippen LogP contribution in [0.2, 0.25) is 0 Å². The number of H-pyrrole nitrogens is 1. The Labute approximate surface area is 211 Å². The Balaban J connectivity index is 1.41. The van der Waals surface area contributed by atoms with E-state index in [1.54, 1.807) is 0 Å². The van der Waals surface area contributed by atoms with Crippen LogP contribution in [-0.4, -0.2) is 45.2 Å². The Kier molecular flexibility index (Phi) is 5.72. The van der Waals surface area contributed by atoms with Crippen LogP contribution in [-0.2, 0) is 0 Å². The number of nitrogens with one attached hydrogen (secondary N) is 1. The largest absolute Gasteiger partial charge is 0.486 e. The molecular formula is C30H30N3O3+. The Hall–Kier alpha value is -4.06. The third-order valence-electron chi connectivity index (χ3n) is 7.13. The summed E-state index contributed by atoms with van der Waals surface area (Å²) in [5.74, 6) is 1.47. The number of hydrogen-bond acceptors (Lipinski definition) is 5. The number of anilines is 2. The van der Waals surface area contributed by atoms with Crippen molar-refractivity contribution < 1.29 is 19.3 Å². The van der Waals surface area contributed by atoms with Crippen molar-refractivity contribution in [1.82, 2.24) is 0 Å². The van der Waals surface area contributed by atoms with Gasteiger partial charge < -0.3 is 19.3 Å². The molecule has 1 N–H and O–H groups in total. The first kappa shape index (κ1) is 22.4. The van der Waals surface area contributed by atoms with Crippen LogP contribution in [0.1, 0.15) is 27.0 Å². The topological polar surface area (TPSA) is 56.2 Å². The summed E-state index contributed by atoms with van der Waals surface area (Å²) in [6.45, 7) is 8.76. The number of rotatable bonds is 4. The third-order valence-corrected chi connectivity index (χ3v) is 7.13. The molecule has 0 unspecified atom stereocenters. The van der Waals surface area contributed by atoms with Crippen LogP contribution in [0.4, 0.5) is 11.4 Å². The van der Waals surface area contributed by atoms with Gasteiger partial charge in [0.15, 0.2) is 17.7 Å². The summed E-state index contributed by atoms with van der Waals surface area (Å²) in [6.07, 6.45) is 1.85. The molecule has 0 spiro atoms. The van der Waals surface area contributed by atoms with Crippen molar-refractivity contribution in [2.24, 2.45) is 0 Å². The number of piperazine rings is 1. The molecule has 6 heteroatoms. The molecule has 0 atom stereocenters. The standard InChI is InChI=1S/C30H29N3O3/c1-20-8-9-26(21(2)16-20)32-10-12-33(13-11-32)29-23-17-27-28(36-15-14-35-27)18-25(23)31-19-24(29)30(34)22-6-4-3-5-7-22/h3-9,16-19H,10-15H2,1-2H3/p+1. The van der Waals surface area contributed by atoms with Crippen molar-refractivity contribution in [3.8, 4) is 11.5 Å². The van der Waals surface area contributed by atoms with Crippen LogP contribution in [0.3, 0.4) is 0 Å². The van der Waals surface area contributed by atoms with Gasteiger partial charge in [0.1, 0.15) is 18.8 Å². The van der Waals surface area contributed by atoms with Gasteiger partial charge in [-0.3, -0.25) is 4.79 Å². The molecule has 2 aliphatic heterocycles. The monoisotopic (exact) mass is 480 g/mol. The summed E-state index contributed by atoms with van der Waals surface area (Å²) in [5, 5.41) is 0.973. The van der Waals surface area contributed by atoms with E-state index in [1.165, 1.54) is 16.8 Å². The number of benzene rings is 3. The second kappa shape index (κ2) is 9.19. The smallest absolute Gasteiger partial charge is 0.216 e. The minimum atomic E-state index is 0.00967. The first-order chi connectivity index (χ1) is 17.6. The lowest BCUT2D eigenvalue weighted by atomic mass is 9.99. The molecule has 3 heterocycles. The summed E-state index contributed by atoms with van der Waals surface area (Å²) in [4.78, 5) is 21.8. The van der Waals surface area contributed by atoms with Gasteiger partial charge in [-0.15, -0.1) is 0 Å². The van der Waals surface area contributed by atoms with Gasteiger partial charge in [0.2, 0.25) is 11.3 Å². The van der Waals surface area contributed by atoms with E-state index in [9.17, 15) is 4.79 Å². The first-order valence-electron chi connectivity index (χ1n) is 12.5. The molecule has 4 aromatic rings. The van der Waals surface area contributed by atoms with Crippen molar-refractivity contribution >= 4 is 28.1 Å². The maximum atomic E-state index is 13.7. The quantitative estimate of drug-likeness (QED) is 0.400. The predicted molar refractivity (Wildman–Crippen MR) is 142 cm³/mol. The molecule has 1 aromatic heterocycles. The molecule has 182 valence electrons. The van der Waals surface area contributed by atoms with Crippen molar-refractivity contribution in [3.63, 3.8) is 0 Å². The molecule has 6 rings (SSSR count). The lowest BCUT2D eigenvalue weighted by Gasteiger charge is -2.38. The zero-order valence-electron chi connectivity index (χ0n) is 20.7. The number of carbonyl (C=O) groups is 1. The van der Waals surface area contributed by atoms with Crippen LogP contribution in [0.25, 0.3) is 10.9 Å². The molecule has 0 radical (unpaired) electrons. The molecule has 36 heavy (non-hydrogen) atoms. The summed E-state index contributed by atoms with van der Waals surface area (Å²) in [6, 6.07) is 20.1. The fourth-order valence-electron chi connectivity index (χ4n) is 5.36. The van der Waals surface area contributed by atoms with Gasteiger partial charge >= 0.3 is 0 Å². The van der Waals surface area contributed by atoms with Gasteiger partial charge in [-0.1, -0.05) is 48.0 Å². The van der Waals surface area contributed by atoms with Gasteiger partial charge in [-0.25, -0.2) is 4.98 Å². The molecular weight excluding hydrogens is 450 g/mol. The Morgan fingerprint density at radius 1 is 0.833 bits per heavy atom. The minimum Gasteiger partial charge on any atom is -0.486 e. The van der Waals surface area contributed by atoms with Crippen molar-refractivity contribution in [1.29, 1.82) is 0 Å². The zero-order valence-corrected chi connectivity index (χ0v) is 20.7. The highest BCUT2D eigenvalue weighted by atomic mass is 16.6. The van der Waals surface area contributed by atoms with Crippen LogP contribution in [0, 0.1) is 13.8 Å². The van der Waals surface area contributed by atoms with Gasteiger partial charge in [0.05, 0.1) is 17.1 Å². The average Bonchev–Trinajstić information content (AvgIpc) is 2.91. The van der Waals surface area contributed by atoms with E-state index in [2.05, 4.69) is 46.8 Å². The molecule has 0 aliphatic carbocycles. The number of aryl methyl sites for hydroxylation is 2. The van der Waals surface area contributed by atoms with Crippen LogP contribution < -0.4 is 24.3 Å². The highest BCUT2D eigenvalue weighted by molar-refractivity contribution is 6.15. The van der Waals surface area contributed by atoms with Crippen LogP contribution in [0.5, 0.6) is 11.5 Å². The van der Waals surface area contributed by atoms with Gasteiger partial charge in [0, 0.05) is 43.5 Å². The second-order valence-electron chi connectivity index (χ2n) is 9.55. The molecule has 3 aromatic carbocycles. The second-order valence-corrected chi connectivity index (χ2v) is 9.55. The molecule has 1 saturated heterocycles. The molecule has 1 fully saturated rings. The molecule has 6 nitrogen and oxygen atoms in total. The predicted octanol–water partition coefficient (Wildman–Crippen LogP) is 4.60. The van der Waals surface area contributed by atoms with E-state index in [-0.39, 0.29) is 5.78 Å². The summed E-state index contributed by atoms with van der Waals surface area (Å²) in [7, 11) is 0. The first-order valence-corrected chi connectivity index (χ1v) is 12.5. The zero-order chi connectivity index (χ0) is 24.6. The molecule has 0 bridgehead atoms. The minimum absolute atomic E-state index is 0.00967. The molecule has 2 aliphatic rings. The van der Waals surface area contributed by atoms with Crippen molar-refractivity contribution in [2.75, 3.05) is 49.2 Å². The summed E-state index contributed by atoms with van der Waals surface area (Å²) >= 11 is 0. The van der Waals surface area contributed by atoms with Crippen molar-refractivity contribution in [2.45, 2.75) is 13.8 Å². The maximum Gasteiger partial charge on any atom is 0.216 e. The number of aromatic amines is 1. The summed E-state index contributed by atoms with van der Waals surface area (Å²) < 4.78 is 11.7. The third kappa shape index (κ3) is 4.02. The number of fused-ring (bicyclic) bond motifs is 2. The van der Waals surface area contributed by atoms with Gasteiger partial charge in [-0.2, -0.15) is 0 Å². The fourth-order valence-corrected chi connectivity index (χ4v) is 5.36. The molecule has 0 saturated carbocycles. The van der Waals surface area contributed by atoms with Gasteiger partial charge in [-0.05, 0) is 25.5 Å². The Morgan fingerprint density at radius 3 is 2.25 bits per heavy atom. The molecule has 0 amide bonds. The number of pyridine rings is 1. The van der Waals surface area contributed by atoms with E-state index in [4.69, 9.17) is 9.47 Å². The number of ketones is 1. The lowest BCUT2D eigenvalue weighted by Crippen LogP contribution is -2.47. The summed E-state index contributed by atoms with van der Waals surface area (Å²) in [5.41, 5.74) is 7.09. The van der Waals surface area contributed by atoms with Gasteiger partial charge in [0.25, 0.3) is 0 Å². The van der Waals surface area contributed by atoms with E-state index in [0.717, 1.165) is 54.3 Å². The number of carbonyl (C=O) groups excluding carboxylic acids is 1. The van der Waals surface area contributed by atoms with Crippen molar-refractivity contribution in [3.05, 3.63) is 89.1 Å². The van der Waals surface area contributed by atoms with E-state index >= 15 is 0 Å². The van der Waals surface area contributed by atoms with Crippen LogP contribution in [0.15, 0.2) is 66.9 Å². The SMILES string of the molecule is Cc1ccc(N2CCN(c3c(C(=O)c4ccccc4)c[nH+]c4cc5c(cc34)OCCO5)CC2)c(C)c1. The van der Waals surface area contributed by atoms with E-state index < -0.39 is 0 Å². The average molecular weight is 481 g/mol. The maximum absolute atomic E-state index is 13.7. The highest BCUT2D eigenvalue weighted by Crippen LogP contribution is 2.39. The number of nitrogens with zero attached hydrogens (tertiary/aromatic N) is 2. The number of aromatic nitrogens is 1. The number of hydrogen-bond donors (Lipinski definition) is 0. The lowest BCUT2D eigenvalue weighted by molar-refractivity contribution is -0.344. The van der Waals surface area contributed by atoms with Crippen LogP contribution >= 0.6 is 0 Å². The van der Waals surface area contributed by atoms with E-state index in [0.29, 0.717) is 24.3 Å². The number of ether oxygens (including phenoxy) is 2. The normalized spacial score (nSPS) is 15.3. The Bertz CT molecular complexity index is 1440. The van der Waals surface area contributed by atoms with E-state index in [1.807, 2.05) is 48.7 Å². The Morgan fingerprint density at radius 2 is 1.53 bits per heavy atom. The highest BCUT2D eigenvalue weighted by Gasteiger charge is 2.29. The fraction of sp³-hybridized carbons (Fsp3) is 0.267.